The van der Waals surface area contributed by atoms with Crippen molar-refractivity contribution in [2.24, 2.45) is 5.73 Å². The lowest BCUT2D eigenvalue weighted by Crippen LogP contribution is -1.90. The minimum Gasteiger partial charge on any atom is -0.326 e. The van der Waals surface area contributed by atoms with E-state index in [0.717, 1.165) is 0 Å². The third-order valence-corrected chi connectivity index (χ3v) is 3.05. The second-order valence-electron chi connectivity index (χ2n) is 2.96. The Morgan fingerprint density at radius 2 is 2.08 bits per heavy atom. The van der Waals surface area contributed by atoms with Crippen LogP contribution in [-0.2, 0) is 6.54 Å². The second-order valence-corrected chi connectivity index (χ2v) is 4.13. The zero-order valence-electron chi connectivity index (χ0n) is 7.41. The van der Waals surface area contributed by atoms with Gasteiger partial charge in [0.2, 0.25) is 0 Å². The third kappa shape index (κ3) is 2.02. The molecule has 70 valence electrons. The van der Waals surface area contributed by atoms with Crippen molar-refractivity contribution in [3.05, 3.63) is 34.7 Å². The van der Waals surface area contributed by atoms with Gasteiger partial charge in [0, 0.05) is 16.1 Å². The normalized spacial score (nSPS) is 10.0. The van der Waals surface area contributed by atoms with Gasteiger partial charge < -0.3 is 5.73 Å². The molecule has 2 aromatic rings. The molecule has 3 heteroatoms. The first kappa shape index (κ1) is 10.5. The summed E-state index contributed by atoms with van der Waals surface area (Å²) in [7, 11) is 0. The molecule has 0 bridgehead atoms. The zero-order chi connectivity index (χ0) is 8.55. The van der Waals surface area contributed by atoms with E-state index >= 15 is 0 Å². The summed E-state index contributed by atoms with van der Waals surface area (Å²) in [6.45, 7) is 2.76. The van der Waals surface area contributed by atoms with Crippen LogP contribution in [0.5, 0.6) is 0 Å². The molecule has 2 N–H and O–H groups in total. The van der Waals surface area contributed by atoms with E-state index in [2.05, 4.69) is 31.2 Å². The molecule has 0 saturated heterocycles. The highest BCUT2D eigenvalue weighted by atomic mass is 35.5. The van der Waals surface area contributed by atoms with E-state index in [1.54, 1.807) is 11.3 Å². The standard InChI is InChI=1S/C10H11NS.ClH/c1-7-2-3-8-5-9(6-11)12-10(8)4-7;/h2-5H,6,11H2,1H3;1H. The minimum atomic E-state index is 0. The van der Waals surface area contributed by atoms with Crippen LogP contribution in [0.2, 0.25) is 0 Å². The summed E-state index contributed by atoms with van der Waals surface area (Å²) >= 11 is 1.79. The highest BCUT2D eigenvalue weighted by Crippen LogP contribution is 2.25. The van der Waals surface area contributed by atoms with Crippen molar-refractivity contribution in [1.82, 2.24) is 0 Å². The number of aryl methyl sites for hydroxylation is 1. The van der Waals surface area contributed by atoms with Crippen molar-refractivity contribution in [1.29, 1.82) is 0 Å². The first-order chi connectivity index (χ1) is 5.79. The maximum absolute atomic E-state index is 5.56. The van der Waals surface area contributed by atoms with Gasteiger partial charge in [-0.15, -0.1) is 23.7 Å². The molecule has 0 fully saturated rings. The summed E-state index contributed by atoms with van der Waals surface area (Å²) in [5, 5.41) is 1.31. The molecule has 1 heterocycles. The molecule has 0 aliphatic carbocycles. The van der Waals surface area contributed by atoms with E-state index in [1.807, 2.05) is 0 Å². The van der Waals surface area contributed by atoms with Crippen molar-refractivity contribution in [2.45, 2.75) is 13.5 Å². The van der Waals surface area contributed by atoms with Crippen LogP contribution in [0, 0.1) is 6.92 Å². The van der Waals surface area contributed by atoms with Crippen LogP contribution in [0.25, 0.3) is 10.1 Å². The van der Waals surface area contributed by atoms with Gasteiger partial charge in [-0.25, -0.2) is 0 Å². The molecule has 0 atom stereocenters. The number of rotatable bonds is 1. The fourth-order valence-corrected chi connectivity index (χ4v) is 2.34. The number of hydrogen-bond acceptors (Lipinski definition) is 2. The van der Waals surface area contributed by atoms with Gasteiger partial charge >= 0.3 is 0 Å². The molecular formula is C10H12ClNS. The molecule has 0 unspecified atom stereocenters. The summed E-state index contributed by atoms with van der Waals surface area (Å²) < 4.78 is 1.34. The summed E-state index contributed by atoms with van der Waals surface area (Å²) in [5.74, 6) is 0. The summed E-state index contributed by atoms with van der Waals surface area (Å²) in [6, 6.07) is 8.66. The van der Waals surface area contributed by atoms with E-state index in [1.165, 1.54) is 20.5 Å². The fourth-order valence-electron chi connectivity index (χ4n) is 1.29. The van der Waals surface area contributed by atoms with Crippen LogP contribution in [0.4, 0.5) is 0 Å². The topological polar surface area (TPSA) is 26.0 Å². The van der Waals surface area contributed by atoms with Crippen LogP contribution >= 0.6 is 23.7 Å². The Balaban J connectivity index is 0.000000845. The van der Waals surface area contributed by atoms with Crippen molar-refractivity contribution in [2.75, 3.05) is 0 Å². The SMILES string of the molecule is Cc1ccc2cc(CN)sc2c1.Cl. The highest BCUT2D eigenvalue weighted by molar-refractivity contribution is 7.19. The van der Waals surface area contributed by atoms with Gasteiger partial charge in [-0.3, -0.25) is 0 Å². The van der Waals surface area contributed by atoms with E-state index in [9.17, 15) is 0 Å². The Kier molecular flexibility index (Phi) is 3.31. The third-order valence-electron chi connectivity index (χ3n) is 1.93. The number of nitrogens with two attached hydrogens (primary N) is 1. The lowest BCUT2D eigenvalue weighted by atomic mass is 10.2. The largest absolute Gasteiger partial charge is 0.326 e. The van der Waals surface area contributed by atoms with Crippen LogP contribution in [-0.4, -0.2) is 0 Å². The molecule has 13 heavy (non-hydrogen) atoms. The number of benzene rings is 1. The predicted molar refractivity (Wildman–Crippen MR) is 61.7 cm³/mol. The summed E-state index contributed by atoms with van der Waals surface area (Å²) in [5.41, 5.74) is 6.88. The van der Waals surface area contributed by atoms with Crippen LogP contribution < -0.4 is 5.73 Å². The van der Waals surface area contributed by atoms with Gasteiger partial charge in [-0.05, 0) is 30.0 Å². The van der Waals surface area contributed by atoms with Gasteiger partial charge in [-0.2, -0.15) is 0 Å². The van der Waals surface area contributed by atoms with Gasteiger partial charge in [-0.1, -0.05) is 12.1 Å². The molecule has 0 aliphatic rings. The zero-order valence-corrected chi connectivity index (χ0v) is 9.04. The van der Waals surface area contributed by atoms with Crippen molar-refractivity contribution < 1.29 is 0 Å². The van der Waals surface area contributed by atoms with Gasteiger partial charge in [0.25, 0.3) is 0 Å². The average Bonchev–Trinajstić information content (AvgIpc) is 2.46. The Bertz CT molecular complexity index is 408. The monoisotopic (exact) mass is 213 g/mol. The van der Waals surface area contributed by atoms with Crippen LogP contribution in [0.1, 0.15) is 10.4 Å². The molecule has 1 aromatic heterocycles. The molecule has 0 spiro atoms. The van der Waals surface area contributed by atoms with Gasteiger partial charge in [0.1, 0.15) is 0 Å². The van der Waals surface area contributed by atoms with Crippen LogP contribution in [0.15, 0.2) is 24.3 Å². The number of halogens is 1. The van der Waals surface area contributed by atoms with Crippen molar-refractivity contribution in [3.8, 4) is 0 Å². The Morgan fingerprint density at radius 1 is 1.31 bits per heavy atom. The predicted octanol–water partition coefficient (Wildman–Crippen LogP) is 3.09. The van der Waals surface area contributed by atoms with Crippen LogP contribution in [0.3, 0.4) is 0 Å². The van der Waals surface area contributed by atoms with E-state index in [0.29, 0.717) is 6.54 Å². The van der Waals surface area contributed by atoms with Gasteiger partial charge in [0.05, 0.1) is 0 Å². The summed E-state index contributed by atoms with van der Waals surface area (Å²) in [4.78, 5) is 1.26. The lowest BCUT2D eigenvalue weighted by Gasteiger charge is -1.89. The molecule has 2 rings (SSSR count). The van der Waals surface area contributed by atoms with E-state index < -0.39 is 0 Å². The Hall–Kier alpha value is -0.570. The second kappa shape index (κ2) is 4.09. The fraction of sp³-hybridized carbons (Fsp3) is 0.200. The number of fused-ring (bicyclic) bond motifs is 1. The number of thiophene rings is 1. The number of hydrogen-bond donors (Lipinski definition) is 1. The Morgan fingerprint density at radius 3 is 2.77 bits per heavy atom. The Labute approximate surface area is 88.0 Å². The smallest absolute Gasteiger partial charge is 0.0348 e. The minimum absolute atomic E-state index is 0. The molecule has 0 radical (unpaired) electrons. The first-order valence-electron chi connectivity index (χ1n) is 3.99. The molecule has 1 aromatic carbocycles. The summed E-state index contributed by atoms with van der Waals surface area (Å²) in [6.07, 6.45) is 0. The quantitative estimate of drug-likeness (QED) is 0.774. The first-order valence-corrected chi connectivity index (χ1v) is 4.80. The lowest BCUT2D eigenvalue weighted by molar-refractivity contribution is 1.11. The average molecular weight is 214 g/mol. The molecule has 1 nitrogen and oxygen atoms in total. The maximum Gasteiger partial charge on any atom is 0.0348 e. The highest BCUT2D eigenvalue weighted by Gasteiger charge is 1.99. The maximum atomic E-state index is 5.56. The van der Waals surface area contributed by atoms with Crippen molar-refractivity contribution in [3.63, 3.8) is 0 Å². The molecule has 0 aliphatic heterocycles. The van der Waals surface area contributed by atoms with Crippen molar-refractivity contribution >= 4 is 33.8 Å². The molecule has 0 saturated carbocycles. The molecule has 0 amide bonds. The molecular weight excluding hydrogens is 202 g/mol. The van der Waals surface area contributed by atoms with E-state index in [4.69, 9.17) is 5.73 Å². The van der Waals surface area contributed by atoms with Gasteiger partial charge in [0.15, 0.2) is 0 Å². The van der Waals surface area contributed by atoms with E-state index in [-0.39, 0.29) is 12.4 Å².